The zero-order valence-corrected chi connectivity index (χ0v) is 7.71. The predicted octanol–water partition coefficient (Wildman–Crippen LogP) is 1.02. The second-order valence-electron chi connectivity index (χ2n) is 3.11. The number of nitrogen functional groups attached to an aromatic ring is 1. The first-order valence-electron chi connectivity index (χ1n) is 4.13. The molecule has 0 aliphatic rings. The molecule has 0 aliphatic heterocycles. The Bertz CT molecular complexity index is 373. The van der Waals surface area contributed by atoms with E-state index < -0.39 is 23.6 Å². The molecule has 0 heterocycles. The first-order chi connectivity index (χ1) is 6.91. The van der Waals surface area contributed by atoms with Gasteiger partial charge in [0.1, 0.15) is 0 Å². The molecule has 15 heavy (non-hydrogen) atoms. The second kappa shape index (κ2) is 4.22. The van der Waals surface area contributed by atoms with Crippen LogP contribution in [0.4, 0.5) is 14.5 Å². The van der Waals surface area contributed by atoms with Gasteiger partial charge in [0.25, 0.3) is 0 Å². The van der Waals surface area contributed by atoms with Crippen LogP contribution in [0.15, 0.2) is 12.1 Å². The van der Waals surface area contributed by atoms with Crippen LogP contribution < -0.4 is 11.5 Å². The third-order valence-corrected chi connectivity index (χ3v) is 1.90. The summed E-state index contributed by atoms with van der Waals surface area (Å²) in [6.45, 7) is 0. The molecule has 4 nitrogen and oxygen atoms in total. The summed E-state index contributed by atoms with van der Waals surface area (Å²) in [5, 5.41) is 8.46. The zero-order chi connectivity index (χ0) is 11.6. The van der Waals surface area contributed by atoms with E-state index in [9.17, 15) is 13.6 Å². The molecule has 1 aromatic rings. The van der Waals surface area contributed by atoms with Crippen molar-refractivity contribution >= 4 is 11.7 Å². The first-order valence-corrected chi connectivity index (χ1v) is 4.13. The summed E-state index contributed by atoms with van der Waals surface area (Å²) < 4.78 is 25.7. The fraction of sp³-hybridized carbons (Fsp3) is 0.222. The van der Waals surface area contributed by atoms with E-state index in [0.29, 0.717) is 0 Å². The summed E-state index contributed by atoms with van der Waals surface area (Å²) in [6, 6.07) is 1.07. The molecular weight excluding hydrogens is 206 g/mol. The SMILES string of the molecule is Nc1cc(C(N)CC(=O)O)cc(F)c1F. The van der Waals surface area contributed by atoms with Gasteiger partial charge >= 0.3 is 5.97 Å². The van der Waals surface area contributed by atoms with Crippen molar-refractivity contribution in [3.63, 3.8) is 0 Å². The highest BCUT2D eigenvalue weighted by Gasteiger charge is 2.15. The molecule has 82 valence electrons. The highest BCUT2D eigenvalue weighted by Crippen LogP contribution is 2.22. The van der Waals surface area contributed by atoms with Crippen LogP contribution in [0.5, 0.6) is 0 Å². The summed E-state index contributed by atoms with van der Waals surface area (Å²) in [4.78, 5) is 10.3. The molecule has 0 saturated heterocycles. The Morgan fingerprint density at radius 2 is 2.07 bits per heavy atom. The molecule has 1 atom stereocenters. The van der Waals surface area contributed by atoms with E-state index in [1.54, 1.807) is 0 Å². The minimum atomic E-state index is -1.15. The van der Waals surface area contributed by atoms with Crippen LogP contribution in [0.1, 0.15) is 18.0 Å². The molecule has 0 aromatic heterocycles. The first kappa shape index (κ1) is 11.4. The summed E-state index contributed by atoms with van der Waals surface area (Å²) >= 11 is 0. The minimum Gasteiger partial charge on any atom is -0.481 e. The van der Waals surface area contributed by atoms with E-state index in [4.69, 9.17) is 16.6 Å². The Hall–Kier alpha value is -1.69. The van der Waals surface area contributed by atoms with Crippen molar-refractivity contribution in [2.75, 3.05) is 5.73 Å². The molecule has 0 radical (unpaired) electrons. The van der Waals surface area contributed by atoms with Crippen LogP contribution in [0.3, 0.4) is 0 Å². The van der Waals surface area contributed by atoms with Gasteiger partial charge in [-0.1, -0.05) is 0 Å². The Labute approximate surface area is 84.5 Å². The van der Waals surface area contributed by atoms with Crippen molar-refractivity contribution < 1.29 is 18.7 Å². The molecule has 1 unspecified atom stereocenters. The highest BCUT2D eigenvalue weighted by molar-refractivity contribution is 5.68. The number of halogens is 2. The number of carboxylic acids is 1. The second-order valence-corrected chi connectivity index (χ2v) is 3.11. The molecule has 0 spiro atoms. The Morgan fingerprint density at radius 3 is 2.53 bits per heavy atom. The molecule has 1 aromatic carbocycles. The van der Waals surface area contributed by atoms with Gasteiger partial charge in [0.15, 0.2) is 11.6 Å². The maximum absolute atomic E-state index is 12.9. The van der Waals surface area contributed by atoms with Crippen LogP contribution in [0.25, 0.3) is 0 Å². The number of hydrogen-bond donors (Lipinski definition) is 3. The van der Waals surface area contributed by atoms with E-state index in [-0.39, 0.29) is 17.7 Å². The molecule has 0 bridgehead atoms. The minimum absolute atomic E-state index is 0.161. The fourth-order valence-corrected chi connectivity index (χ4v) is 1.15. The van der Waals surface area contributed by atoms with Gasteiger partial charge < -0.3 is 16.6 Å². The van der Waals surface area contributed by atoms with Crippen molar-refractivity contribution in [2.24, 2.45) is 5.73 Å². The number of aliphatic carboxylic acids is 1. The van der Waals surface area contributed by atoms with Gasteiger partial charge in [-0.2, -0.15) is 0 Å². The lowest BCUT2D eigenvalue weighted by atomic mass is 10.0. The molecule has 0 amide bonds. The number of nitrogens with two attached hydrogens (primary N) is 2. The largest absolute Gasteiger partial charge is 0.481 e. The van der Waals surface area contributed by atoms with Gasteiger partial charge in [-0.25, -0.2) is 8.78 Å². The van der Waals surface area contributed by atoms with Gasteiger partial charge in [0.2, 0.25) is 0 Å². The van der Waals surface area contributed by atoms with Crippen molar-refractivity contribution in [3.05, 3.63) is 29.3 Å². The van der Waals surface area contributed by atoms with Crippen molar-refractivity contribution in [2.45, 2.75) is 12.5 Å². The normalized spacial score (nSPS) is 12.5. The molecular formula is C9H10F2N2O2. The summed E-state index contributed by atoms with van der Waals surface area (Å²) in [5.74, 6) is -3.40. The van der Waals surface area contributed by atoms with Crippen LogP contribution in [-0.4, -0.2) is 11.1 Å². The Morgan fingerprint density at radius 1 is 1.47 bits per heavy atom. The number of benzene rings is 1. The average Bonchev–Trinajstić information content (AvgIpc) is 2.12. The van der Waals surface area contributed by atoms with Crippen molar-refractivity contribution in [1.82, 2.24) is 0 Å². The Balaban J connectivity index is 3.00. The third-order valence-electron chi connectivity index (χ3n) is 1.90. The molecule has 5 N–H and O–H groups in total. The summed E-state index contributed by atoms with van der Waals surface area (Å²) in [5.41, 5.74) is 10.4. The van der Waals surface area contributed by atoms with Gasteiger partial charge in [-0.15, -0.1) is 0 Å². The van der Waals surface area contributed by atoms with Crippen LogP contribution in [0.2, 0.25) is 0 Å². The smallest absolute Gasteiger partial charge is 0.305 e. The molecule has 0 saturated carbocycles. The molecule has 1 rings (SSSR count). The quantitative estimate of drug-likeness (QED) is 0.658. The average molecular weight is 216 g/mol. The Kier molecular flexibility index (Phi) is 3.21. The molecule has 0 aliphatic carbocycles. The number of carboxylic acid groups (broad SMARTS) is 1. The fourth-order valence-electron chi connectivity index (χ4n) is 1.15. The van der Waals surface area contributed by atoms with Crippen molar-refractivity contribution in [3.8, 4) is 0 Å². The van der Waals surface area contributed by atoms with E-state index in [2.05, 4.69) is 0 Å². The molecule has 6 heteroatoms. The van der Waals surface area contributed by atoms with Gasteiger partial charge in [0, 0.05) is 6.04 Å². The van der Waals surface area contributed by atoms with Gasteiger partial charge in [0.05, 0.1) is 12.1 Å². The van der Waals surface area contributed by atoms with Crippen molar-refractivity contribution in [1.29, 1.82) is 0 Å². The van der Waals surface area contributed by atoms with Crippen LogP contribution in [0, 0.1) is 11.6 Å². The lowest BCUT2D eigenvalue weighted by Gasteiger charge is -2.10. The third kappa shape index (κ3) is 2.63. The maximum Gasteiger partial charge on any atom is 0.305 e. The summed E-state index contributed by atoms with van der Waals surface area (Å²) in [7, 11) is 0. The lowest BCUT2D eigenvalue weighted by Crippen LogP contribution is -2.16. The number of carbonyl (C=O) groups is 1. The van der Waals surface area contributed by atoms with E-state index in [0.717, 1.165) is 12.1 Å². The number of rotatable bonds is 3. The van der Waals surface area contributed by atoms with Gasteiger partial charge in [-0.3, -0.25) is 4.79 Å². The topological polar surface area (TPSA) is 89.3 Å². The highest BCUT2D eigenvalue weighted by atomic mass is 19.2. The maximum atomic E-state index is 12.9. The van der Waals surface area contributed by atoms with E-state index >= 15 is 0 Å². The van der Waals surface area contributed by atoms with Crippen LogP contribution >= 0.6 is 0 Å². The molecule has 0 fully saturated rings. The van der Waals surface area contributed by atoms with E-state index in [1.165, 1.54) is 0 Å². The zero-order valence-electron chi connectivity index (χ0n) is 7.71. The van der Waals surface area contributed by atoms with E-state index in [1.807, 2.05) is 0 Å². The van der Waals surface area contributed by atoms with Crippen LogP contribution in [-0.2, 0) is 4.79 Å². The summed E-state index contributed by atoms with van der Waals surface area (Å²) in [6.07, 6.45) is -0.371. The monoisotopic (exact) mass is 216 g/mol. The number of hydrogen-bond acceptors (Lipinski definition) is 3. The number of anilines is 1. The van der Waals surface area contributed by atoms with Gasteiger partial charge in [-0.05, 0) is 17.7 Å². The standard InChI is InChI=1S/C9H10F2N2O2/c10-5-1-4(2-7(13)9(5)11)6(12)3-8(14)15/h1-2,6H,3,12-13H2,(H,14,15). The predicted molar refractivity (Wildman–Crippen MR) is 50.0 cm³/mol. The lowest BCUT2D eigenvalue weighted by molar-refractivity contribution is -0.137.